The van der Waals surface area contributed by atoms with Crippen LogP contribution in [0.5, 0.6) is 11.5 Å². The summed E-state index contributed by atoms with van der Waals surface area (Å²) in [6.45, 7) is 5.66. The fraction of sp³-hybridized carbons (Fsp3) is 0.316. The highest BCUT2D eigenvalue weighted by molar-refractivity contribution is 7.20. The number of anilines is 2. The molecule has 0 atom stereocenters. The van der Waals surface area contributed by atoms with Gasteiger partial charge < -0.3 is 19.5 Å². The number of hydrogen-bond acceptors (Lipinski definition) is 8. The molecule has 27 heavy (non-hydrogen) atoms. The van der Waals surface area contributed by atoms with Crippen molar-refractivity contribution in [2.45, 2.75) is 20.8 Å². The first kappa shape index (κ1) is 18.9. The molecule has 3 aromatic rings. The number of methoxy groups -OCH3 is 3. The smallest absolute Gasteiger partial charge is 0.348 e. The fourth-order valence-corrected chi connectivity index (χ4v) is 4.01. The molecule has 8 heteroatoms. The molecular weight excluding hydrogens is 366 g/mol. The van der Waals surface area contributed by atoms with Crippen molar-refractivity contribution in [2.24, 2.45) is 0 Å². The van der Waals surface area contributed by atoms with Gasteiger partial charge in [-0.05, 0) is 38.0 Å². The molecule has 1 aromatic carbocycles. The minimum atomic E-state index is -0.374. The summed E-state index contributed by atoms with van der Waals surface area (Å²) in [5.74, 6) is 2.15. The van der Waals surface area contributed by atoms with Crippen LogP contribution < -0.4 is 14.8 Å². The third kappa shape index (κ3) is 3.40. The standard InChI is InChI=1S/C19H21N3O4S/c1-9-7-13(24-4)14(25-5)8-12(9)22-17-15-10(2)16(19(23)26-6)27-18(15)21-11(3)20-17/h7-8H,1-6H3,(H,20,21,22). The van der Waals surface area contributed by atoms with E-state index in [1.165, 1.54) is 18.4 Å². The molecule has 3 rings (SSSR count). The van der Waals surface area contributed by atoms with Gasteiger partial charge in [-0.1, -0.05) is 0 Å². The van der Waals surface area contributed by atoms with Gasteiger partial charge >= 0.3 is 5.97 Å². The van der Waals surface area contributed by atoms with Gasteiger partial charge in [0.2, 0.25) is 0 Å². The average molecular weight is 387 g/mol. The van der Waals surface area contributed by atoms with Crippen LogP contribution in [0, 0.1) is 20.8 Å². The number of nitrogens with zero attached hydrogens (tertiary/aromatic N) is 2. The molecule has 0 amide bonds. The highest BCUT2D eigenvalue weighted by atomic mass is 32.1. The molecular formula is C19H21N3O4S. The van der Waals surface area contributed by atoms with Crippen molar-refractivity contribution in [2.75, 3.05) is 26.6 Å². The number of ether oxygens (including phenoxy) is 3. The van der Waals surface area contributed by atoms with E-state index in [9.17, 15) is 4.79 Å². The molecule has 2 heterocycles. The molecule has 2 aromatic heterocycles. The van der Waals surface area contributed by atoms with Gasteiger partial charge in [-0.25, -0.2) is 14.8 Å². The molecule has 0 radical (unpaired) electrons. The van der Waals surface area contributed by atoms with E-state index in [2.05, 4.69) is 15.3 Å². The molecule has 1 N–H and O–H groups in total. The Morgan fingerprint density at radius 3 is 2.33 bits per heavy atom. The first-order valence-electron chi connectivity index (χ1n) is 8.25. The Morgan fingerprint density at radius 2 is 1.70 bits per heavy atom. The highest BCUT2D eigenvalue weighted by Crippen LogP contribution is 2.38. The molecule has 0 aliphatic rings. The van der Waals surface area contributed by atoms with E-state index in [1.807, 2.05) is 32.9 Å². The summed E-state index contributed by atoms with van der Waals surface area (Å²) in [5.41, 5.74) is 2.60. The van der Waals surface area contributed by atoms with Crippen molar-refractivity contribution in [1.82, 2.24) is 9.97 Å². The Hall–Kier alpha value is -2.87. The minimum absolute atomic E-state index is 0.374. The maximum atomic E-state index is 12.1. The van der Waals surface area contributed by atoms with Crippen LogP contribution in [0.1, 0.15) is 26.6 Å². The number of aryl methyl sites for hydroxylation is 3. The van der Waals surface area contributed by atoms with E-state index in [0.717, 1.165) is 27.0 Å². The topological polar surface area (TPSA) is 82.6 Å². The van der Waals surface area contributed by atoms with E-state index in [0.29, 0.717) is 28.0 Å². The quantitative estimate of drug-likeness (QED) is 0.658. The summed E-state index contributed by atoms with van der Waals surface area (Å²) >= 11 is 1.30. The van der Waals surface area contributed by atoms with Crippen LogP contribution in [-0.2, 0) is 4.74 Å². The lowest BCUT2D eigenvalue weighted by Gasteiger charge is -2.15. The second-order valence-corrected chi connectivity index (χ2v) is 6.99. The van der Waals surface area contributed by atoms with Crippen molar-refractivity contribution < 1.29 is 19.0 Å². The van der Waals surface area contributed by atoms with E-state index in [-0.39, 0.29) is 5.97 Å². The maximum absolute atomic E-state index is 12.1. The monoisotopic (exact) mass is 387 g/mol. The van der Waals surface area contributed by atoms with Gasteiger partial charge in [0, 0.05) is 11.8 Å². The number of rotatable bonds is 5. The zero-order valence-corrected chi connectivity index (χ0v) is 16.9. The first-order valence-corrected chi connectivity index (χ1v) is 9.07. The normalized spacial score (nSPS) is 10.7. The summed E-state index contributed by atoms with van der Waals surface area (Å²) < 4.78 is 15.6. The van der Waals surface area contributed by atoms with Gasteiger partial charge in [-0.2, -0.15) is 0 Å². The molecule has 0 aliphatic carbocycles. The Balaban J connectivity index is 2.15. The van der Waals surface area contributed by atoms with E-state index < -0.39 is 0 Å². The lowest BCUT2D eigenvalue weighted by Crippen LogP contribution is -2.02. The number of nitrogens with one attached hydrogen (secondary N) is 1. The van der Waals surface area contributed by atoms with Crippen LogP contribution in [0.4, 0.5) is 11.5 Å². The lowest BCUT2D eigenvalue weighted by molar-refractivity contribution is 0.0605. The summed E-state index contributed by atoms with van der Waals surface area (Å²) in [7, 11) is 4.57. The number of aromatic nitrogens is 2. The third-order valence-electron chi connectivity index (χ3n) is 4.26. The van der Waals surface area contributed by atoms with Gasteiger partial charge in [-0.15, -0.1) is 11.3 Å². The Kier molecular flexibility index (Phi) is 5.18. The van der Waals surface area contributed by atoms with E-state index in [1.54, 1.807) is 14.2 Å². The molecule has 0 saturated carbocycles. The summed E-state index contributed by atoms with van der Waals surface area (Å²) in [6, 6.07) is 3.76. The molecule has 0 saturated heterocycles. The predicted octanol–water partition coefficient (Wildman–Crippen LogP) is 4.16. The lowest BCUT2D eigenvalue weighted by atomic mass is 10.1. The molecule has 0 spiro atoms. The molecule has 0 fully saturated rings. The number of esters is 1. The highest BCUT2D eigenvalue weighted by Gasteiger charge is 2.21. The van der Waals surface area contributed by atoms with Crippen LogP contribution >= 0.6 is 11.3 Å². The van der Waals surface area contributed by atoms with Crippen molar-refractivity contribution in [3.63, 3.8) is 0 Å². The predicted molar refractivity (Wildman–Crippen MR) is 106 cm³/mol. The molecule has 7 nitrogen and oxygen atoms in total. The first-order chi connectivity index (χ1) is 12.9. The van der Waals surface area contributed by atoms with Crippen molar-refractivity contribution in [3.05, 3.63) is 34.0 Å². The number of carbonyl (C=O) groups excluding carboxylic acids is 1. The Labute approximate surface area is 161 Å². The molecule has 142 valence electrons. The number of fused-ring (bicyclic) bond motifs is 1. The molecule has 0 bridgehead atoms. The van der Waals surface area contributed by atoms with Crippen LogP contribution in [0.3, 0.4) is 0 Å². The summed E-state index contributed by atoms with van der Waals surface area (Å²) in [6.07, 6.45) is 0. The number of hydrogen-bond donors (Lipinski definition) is 1. The number of carbonyl (C=O) groups is 1. The Bertz CT molecular complexity index is 1030. The molecule has 0 aliphatic heterocycles. The third-order valence-corrected chi connectivity index (χ3v) is 5.42. The second kappa shape index (κ2) is 7.40. The van der Waals surface area contributed by atoms with Crippen molar-refractivity contribution in [1.29, 1.82) is 0 Å². The van der Waals surface area contributed by atoms with Gasteiger partial charge in [0.05, 0.1) is 26.7 Å². The molecule has 0 unspecified atom stereocenters. The summed E-state index contributed by atoms with van der Waals surface area (Å²) in [5, 5.41) is 4.17. The van der Waals surface area contributed by atoms with E-state index in [4.69, 9.17) is 14.2 Å². The van der Waals surface area contributed by atoms with Gasteiger partial charge in [0.15, 0.2) is 11.5 Å². The van der Waals surface area contributed by atoms with Gasteiger partial charge in [0.25, 0.3) is 0 Å². The second-order valence-electron chi connectivity index (χ2n) is 5.99. The van der Waals surface area contributed by atoms with Crippen molar-refractivity contribution >= 4 is 39.0 Å². The van der Waals surface area contributed by atoms with Crippen LogP contribution in [0.15, 0.2) is 12.1 Å². The fourth-order valence-electron chi connectivity index (χ4n) is 2.87. The van der Waals surface area contributed by atoms with E-state index >= 15 is 0 Å². The zero-order chi connectivity index (χ0) is 19.7. The van der Waals surface area contributed by atoms with Gasteiger partial charge in [-0.3, -0.25) is 0 Å². The van der Waals surface area contributed by atoms with Crippen LogP contribution in [0.2, 0.25) is 0 Å². The van der Waals surface area contributed by atoms with Crippen LogP contribution in [0.25, 0.3) is 10.2 Å². The maximum Gasteiger partial charge on any atom is 0.348 e. The Morgan fingerprint density at radius 1 is 1.04 bits per heavy atom. The average Bonchev–Trinajstić information content (AvgIpc) is 2.98. The number of thiophene rings is 1. The van der Waals surface area contributed by atoms with Crippen LogP contribution in [-0.4, -0.2) is 37.3 Å². The minimum Gasteiger partial charge on any atom is -0.493 e. The summed E-state index contributed by atoms with van der Waals surface area (Å²) in [4.78, 5) is 22.4. The van der Waals surface area contributed by atoms with Crippen molar-refractivity contribution in [3.8, 4) is 11.5 Å². The largest absolute Gasteiger partial charge is 0.493 e. The number of benzene rings is 1. The van der Waals surface area contributed by atoms with Gasteiger partial charge in [0.1, 0.15) is 21.3 Å². The SMILES string of the molecule is COC(=O)c1sc2nc(C)nc(Nc3cc(OC)c(OC)cc3C)c2c1C. The zero-order valence-electron chi connectivity index (χ0n) is 16.1.